The third kappa shape index (κ3) is 4.81. The summed E-state index contributed by atoms with van der Waals surface area (Å²) in [6.45, 7) is 7.26. The van der Waals surface area contributed by atoms with Crippen molar-refractivity contribution in [3.05, 3.63) is 29.6 Å². The highest BCUT2D eigenvalue weighted by Crippen LogP contribution is 2.21. The Bertz CT molecular complexity index is 460. The molecule has 0 radical (unpaired) electrons. The molecular weight excluding hydrogens is 261 g/mol. The van der Waals surface area contributed by atoms with E-state index in [0.29, 0.717) is 5.92 Å². The van der Waals surface area contributed by atoms with Crippen LogP contribution in [-0.2, 0) is 4.79 Å². The zero-order valence-electron chi connectivity index (χ0n) is 12.3. The Balaban J connectivity index is 2.54. The fourth-order valence-corrected chi connectivity index (χ4v) is 1.55. The van der Waals surface area contributed by atoms with E-state index in [4.69, 9.17) is 4.74 Å². The second-order valence-corrected chi connectivity index (χ2v) is 5.25. The van der Waals surface area contributed by atoms with Crippen LogP contribution in [0.1, 0.15) is 39.4 Å². The number of ether oxygens (including phenoxy) is 1. The molecule has 0 saturated heterocycles. The van der Waals surface area contributed by atoms with E-state index in [2.05, 4.69) is 5.32 Å². The molecule has 4 nitrogen and oxygen atoms in total. The molecule has 0 aliphatic carbocycles. The Labute approximate surface area is 119 Å². The Morgan fingerprint density at radius 2 is 2.00 bits per heavy atom. The number of hydrogen-bond donors (Lipinski definition) is 2. The Morgan fingerprint density at radius 1 is 1.35 bits per heavy atom. The summed E-state index contributed by atoms with van der Waals surface area (Å²) in [4.78, 5) is 11.6. The second-order valence-electron chi connectivity index (χ2n) is 5.25. The van der Waals surface area contributed by atoms with E-state index in [1.54, 1.807) is 0 Å². The normalized spacial score (nSPS) is 13.9. The predicted octanol–water partition coefficient (Wildman–Crippen LogP) is 2.42. The van der Waals surface area contributed by atoms with Crippen molar-refractivity contribution >= 4 is 5.91 Å². The first kappa shape index (κ1) is 16.4. The second kappa shape index (κ2) is 7.24. The summed E-state index contributed by atoms with van der Waals surface area (Å²) in [6, 6.07) is 4.20. The minimum Gasteiger partial charge on any atom is -0.484 e. The van der Waals surface area contributed by atoms with Gasteiger partial charge in [0, 0.05) is 17.7 Å². The monoisotopic (exact) mass is 283 g/mol. The average molecular weight is 283 g/mol. The lowest BCUT2D eigenvalue weighted by Gasteiger charge is -2.17. The van der Waals surface area contributed by atoms with Gasteiger partial charge in [-0.25, -0.2) is 4.39 Å². The van der Waals surface area contributed by atoms with Gasteiger partial charge in [0.2, 0.25) is 0 Å². The summed E-state index contributed by atoms with van der Waals surface area (Å²) >= 11 is 0. The van der Waals surface area contributed by atoms with Crippen molar-refractivity contribution < 1.29 is 19.0 Å². The number of benzene rings is 1. The molecule has 5 heteroatoms. The highest BCUT2D eigenvalue weighted by molar-refractivity contribution is 5.77. The third-order valence-electron chi connectivity index (χ3n) is 3.18. The van der Waals surface area contributed by atoms with Crippen molar-refractivity contribution in [2.75, 3.05) is 6.61 Å². The van der Waals surface area contributed by atoms with Gasteiger partial charge in [0.1, 0.15) is 11.6 Å². The van der Waals surface area contributed by atoms with Gasteiger partial charge in [-0.3, -0.25) is 4.79 Å². The van der Waals surface area contributed by atoms with Gasteiger partial charge in [-0.2, -0.15) is 0 Å². The Hall–Kier alpha value is -1.62. The van der Waals surface area contributed by atoms with E-state index < -0.39 is 11.9 Å². The average Bonchev–Trinajstić information content (AvgIpc) is 2.35. The maximum atomic E-state index is 13.6. The van der Waals surface area contributed by atoms with Crippen LogP contribution in [0.15, 0.2) is 18.2 Å². The van der Waals surface area contributed by atoms with Crippen molar-refractivity contribution in [3.8, 4) is 5.75 Å². The van der Waals surface area contributed by atoms with Gasteiger partial charge in [-0.1, -0.05) is 13.8 Å². The maximum Gasteiger partial charge on any atom is 0.258 e. The number of hydrogen-bond acceptors (Lipinski definition) is 3. The van der Waals surface area contributed by atoms with E-state index >= 15 is 0 Å². The van der Waals surface area contributed by atoms with Crippen LogP contribution >= 0.6 is 0 Å². The zero-order chi connectivity index (χ0) is 15.3. The van der Waals surface area contributed by atoms with Gasteiger partial charge in [0.05, 0.1) is 6.10 Å². The molecular formula is C15H22FNO3. The van der Waals surface area contributed by atoms with E-state index in [-0.39, 0.29) is 29.9 Å². The summed E-state index contributed by atoms with van der Waals surface area (Å²) in [5.41, 5.74) is 0.204. The molecule has 1 aromatic rings. The number of halogens is 1. The third-order valence-corrected chi connectivity index (χ3v) is 3.18. The van der Waals surface area contributed by atoms with Crippen LogP contribution in [0.5, 0.6) is 5.75 Å². The fourth-order valence-electron chi connectivity index (χ4n) is 1.55. The molecule has 0 fully saturated rings. The summed E-state index contributed by atoms with van der Waals surface area (Å²) in [5, 5.41) is 12.1. The van der Waals surface area contributed by atoms with Crippen LogP contribution in [0, 0.1) is 11.7 Å². The standard InChI is InChI=1S/C15H22FNO3/c1-9(2)10(3)17-15(19)8-20-12-5-6-13(11(4)18)14(16)7-12/h5-7,9-11,18H,8H2,1-4H3,(H,17,19)/t10?,11-/m0/s1. The van der Waals surface area contributed by atoms with Crippen LogP contribution in [0.2, 0.25) is 0 Å². The van der Waals surface area contributed by atoms with Crippen molar-refractivity contribution in [2.45, 2.75) is 39.8 Å². The summed E-state index contributed by atoms with van der Waals surface area (Å²) < 4.78 is 18.8. The van der Waals surface area contributed by atoms with Crippen LogP contribution in [0.3, 0.4) is 0 Å². The molecule has 1 amide bonds. The van der Waals surface area contributed by atoms with E-state index in [0.717, 1.165) is 0 Å². The Kier molecular flexibility index (Phi) is 5.95. The quantitative estimate of drug-likeness (QED) is 0.843. The number of rotatable bonds is 6. The molecule has 1 unspecified atom stereocenters. The molecule has 0 bridgehead atoms. The largest absolute Gasteiger partial charge is 0.484 e. The van der Waals surface area contributed by atoms with Crippen molar-refractivity contribution in [1.29, 1.82) is 0 Å². The molecule has 2 atom stereocenters. The van der Waals surface area contributed by atoms with Crippen LogP contribution in [0.25, 0.3) is 0 Å². The smallest absolute Gasteiger partial charge is 0.258 e. The molecule has 0 aliphatic rings. The lowest BCUT2D eigenvalue weighted by molar-refractivity contribution is -0.124. The maximum absolute atomic E-state index is 13.6. The zero-order valence-corrected chi connectivity index (χ0v) is 12.3. The summed E-state index contributed by atoms with van der Waals surface area (Å²) in [6.07, 6.45) is -0.876. The molecule has 1 aromatic carbocycles. The molecule has 0 heterocycles. The van der Waals surface area contributed by atoms with Crippen LogP contribution in [0.4, 0.5) is 4.39 Å². The topological polar surface area (TPSA) is 58.6 Å². The van der Waals surface area contributed by atoms with Gasteiger partial charge in [0.25, 0.3) is 5.91 Å². The van der Waals surface area contributed by atoms with Gasteiger partial charge < -0.3 is 15.2 Å². The van der Waals surface area contributed by atoms with Gasteiger partial charge >= 0.3 is 0 Å². The summed E-state index contributed by atoms with van der Waals surface area (Å²) in [7, 11) is 0. The van der Waals surface area contributed by atoms with Gasteiger partial charge in [0.15, 0.2) is 6.61 Å². The minimum absolute atomic E-state index is 0.0560. The van der Waals surface area contributed by atoms with Crippen molar-refractivity contribution in [2.24, 2.45) is 5.92 Å². The number of carbonyl (C=O) groups excluding carboxylic acids is 1. The van der Waals surface area contributed by atoms with Crippen LogP contribution in [-0.4, -0.2) is 23.7 Å². The summed E-state index contributed by atoms with van der Waals surface area (Å²) in [5.74, 6) is -0.194. The fraction of sp³-hybridized carbons (Fsp3) is 0.533. The van der Waals surface area contributed by atoms with E-state index in [9.17, 15) is 14.3 Å². The van der Waals surface area contributed by atoms with E-state index in [1.165, 1.54) is 25.1 Å². The van der Waals surface area contributed by atoms with Gasteiger partial charge in [-0.15, -0.1) is 0 Å². The molecule has 0 spiro atoms. The predicted molar refractivity (Wildman–Crippen MR) is 75.0 cm³/mol. The van der Waals surface area contributed by atoms with E-state index in [1.807, 2.05) is 20.8 Å². The van der Waals surface area contributed by atoms with Gasteiger partial charge in [-0.05, 0) is 31.9 Å². The number of amides is 1. The van der Waals surface area contributed by atoms with Crippen molar-refractivity contribution in [1.82, 2.24) is 5.32 Å². The first-order valence-electron chi connectivity index (χ1n) is 6.71. The number of aliphatic hydroxyl groups excluding tert-OH is 1. The first-order chi connectivity index (χ1) is 9.31. The molecule has 0 aliphatic heterocycles. The molecule has 20 heavy (non-hydrogen) atoms. The molecule has 1 rings (SSSR count). The first-order valence-corrected chi connectivity index (χ1v) is 6.71. The molecule has 0 saturated carbocycles. The number of aliphatic hydroxyl groups is 1. The Morgan fingerprint density at radius 3 is 2.50 bits per heavy atom. The molecule has 0 aromatic heterocycles. The lowest BCUT2D eigenvalue weighted by Crippen LogP contribution is -2.38. The minimum atomic E-state index is -0.876. The van der Waals surface area contributed by atoms with Crippen molar-refractivity contribution in [3.63, 3.8) is 0 Å². The highest BCUT2D eigenvalue weighted by atomic mass is 19.1. The molecule has 2 N–H and O–H groups in total. The highest BCUT2D eigenvalue weighted by Gasteiger charge is 2.12. The number of carbonyl (C=O) groups is 1. The molecule has 112 valence electrons. The number of nitrogens with one attached hydrogen (secondary N) is 1. The van der Waals surface area contributed by atoms with Crippen LogP contribution < -0.4 is 10.1 Å². The lowest BCUT2D eigenvalue weighted by atomic mass is 10.1. The SMILES string of the molecule is CC(C)C(C)NC(=O)COc1ccc([C@H](C)O)c(F)c1.